The van der Waals surface area contributed by atoms with Crippen LogP contribution in [0.2, 0.25) is 0 Å². The highest BCUT2D eigenvalue weighted by Gasteiger charge is 2.21. The van der Waals surface area contributed by atoms with Gasteiger partial charge in [-0.1, -0.05) is 0 Å². The van der Waals surface area contributed by atoms with E-state index in [9.17, 15) is 0 Å². The molecular formula is C17H22BrN5O2. The SMILES string of the molecule is COc1c(Nc2c(C)cc(Br)nc2C)ncnc1OC1CCNCC1. The highest BCUT2D eigenvalue weighted by atomic mass is 79.9. The topological polar surface area (TPSA) is 81.2 Å². The molecule has 7 nitrogen and oxygen atoms in total. The lowest BCUT2D eigenvalue weighted by Gasteiger charge is -2.24. The monoisotopic (exact) mass is 407 g/mol. The molecule has 3 rings (SSSR count). The molecule has 2 N–H and O–H groups in total. The molecule has 0 aromatic carbocycles. The molecule has 1 aliphatic rings. The number of ether oxygens (including phenoxy) is 2. The molecule has 0 aliphatic carbocycles. The molecule has 3 heterocycles. The van der Waals surface area contributed by atoms with Crippen molar-refractivity contribution in [3.8, 4) is 11.6 Å². The average molecular weight is 408 g/mol. The quantitative estimate of drug-likeness (QED) is 0.736. The van der Waals surface area contributed by atoms with Crippen LogP contribution in [0.4, 0.5) is 11.5 Å². The highest BCUT2D eigenvalue weighted by Crippen LogP contribution is 2.35. The summed E-state index contributed by atoms with van der Waals surface area (Å²) in [4.78, 5) is 13.0. The number of methoxy groups -OCH3 is 1. The van der Waals surface area contributed by atoms with Crippen molar-refractivity contribution in [1.29, 1.82) is 0 Å². The number of hydrogen-bond acceptors (Lipinski definition) is 7. The van der Waals surface area contributed by atoms with Gasteiger partial charge >= 0.3 is 0 Å². The van der Waals surface area contributed by atoms with Crippen LogP contribution in [0.3, 0.4) is 0 Å². The summed E-state index contributed by atoms with van der Waals surface area (Å²) in [6.07, 6.45) is 3.52. The van der Waals surface area contributed by atoms with Crippen LogP contribution >= 0.6 is 15.9 Å². The molecule has 8 heteroatoms. The van der Waals surface area contributed by atoms with Gasteiger partial charge in [0.15, 0.2) is 5.82 Å². The van der Waals surface area contributed by atoms with E-state index < -0.39 is 0 Å². The number of halogens is 1. The molecule has 0 bridgehead atoms. The number of anilines is 2. The van der Waals surface area contributed by atoms with E-state index in [1.54, 1.807) is 7.11 Å². The Morgan fingerprint density at radius 3 is 2.68 bits per heavy atom. The molecule has 1 saturated heterocycles. The van der Waals surface area contributed by atoms with E-state index in [0.29, 0.717) is 17.4 Å². The second-order valence-electron chi connectivity index (χ2n) is 5.98. The van der Waals surface area contributed by atoms with Gasteiger partial charge in [-0.25, -0.2) is 9.97 Å². The summed E-state index contributed by atoms with van der Waals surface area (Å²) in [5.74, 6) is 1.53. The molecule has 1 fully saturated rings. The van der Waals surface area contributed by atoms with E-state index in [1.165, 1.54) is 6.33 Å². The number of aromatic nitrogens is 3. The summed E-state index contributed by atoms with van der Waals surface area (Å²) in [7, 11) is 1.60. The van der Waals surface area contributed by atoms with Crippen molar-refractivity contribution in [2.75, 3.05) is 25.5 Å². The molecule has 0 atom stereocenters. The molecule has 25 heavy (non-hydrogen) atoms. The van der Waals surface area contributed by atoms with Crippen LogP contribution in [0.1, 0.15) is 24.1 Å². The number of rotatable bonds is 5. The van der Waals surface area contributed by atoms with Crippen LogP contribution in [0.25, 0.3) is 0 Å². The second-order valence-corrected chi connectivity index (χ2v) is 6.79. The molecule has 0 radical (unpaired) electrons. The number of nitrogens with zero attached hydrogens (tertiary/aromatic N) is 3. The zero-order valence-corrected chi connectivity index (χ0v) is 16.2. The lowest BCUT2D eigenvalue weighted by Crippen LogP contribution is -2.34. The van der Waals surface area contributed by atoms with Crippen molar-refractivity contribution in [2.24, 2.45) is 0 Å². The molecular weight excluding hydrogens is 386 g/mol. The van der Waals surface area contributed by atoms with E-state index >= 15 is 0 Å². The van der Waals surface area contributed by atoms with Gasteiger partial charge < -0.3 is 20.1 Å². The van der Waals surface area contributed by atoms with Gasteiger partial charge in [0.1, 0.15) is 17.0 Å². The Kier molecular flexibility index (Phi) is 5.70. The van der Waals surface area contributed by atoms with E-state index in [0.717, 1.165) is 47.5 Å². The lowest BCUT2D eigenvalue weighted by atomic mass is 10.1. The van der Waals surface area contributed by atoms with Gasteiger partial charge in [0.2, 0.25) is 5.75 Å². The normalized spacial score (nSPS) is 15.0. The van der Waals surface area contributed by atoms with Crippen LogP contribution in [-0.4, -0.2) is 41.3 Å². The van der Waals surface area contributed by atoms with Crippen molar-refractivity contribution >= 4 is 27.4 Å². The van der Waals surface area contributed by atoms with Crippen LogP contribution in [-0.2, 0) is 0 Å². The van der Waals surface area contributed by atoms with Gasteiger partial charge in [-0.15, -0.1) is 0 Å². The third kappa shape index (κ3) is 4.19. The van der Waals surface area contributed by atoms with Crippen LogP contribution in [0.15, 0.2) is 17.0 Å². The van der Waals surface area contributed by atoms with Crippen LogP contribution in [0.5, 0.6) is 11.6 Å². The standard InChI is InChI=1S/C17H22BrN5O2/c1-10-8-13(18)22-11(2)14(10)23-16-15(24-3)17(21-9-20-16)25-12-4-6-19-7-5-12/h8-9,12,19H,4-7H2,1-3H3,(H,20,21,23). The van der Waals surface area contributed by atoms with Crippen molar-refractivity contribution in [3.05, 3.63) is 28.3 Å². The number of aryl methyl sites for hydroxylation is 2. The molecule has 0 amide bonds. The van der Waals surface area contributed by atoms with E-state index in [-0.39, 0.29) is 6.10 Å². The largest absolute Gasteiger partial charge is 0.489 e. The Morgan fingerprint density at radius 1 is 1.24 bits per heavy atom. The second kappa shape index (κ2) is 7.97. The highest BCUT2D eigenvalue weighted by molar-refractivity contribution is 9.10. The van der Waals surface area contributed by atoms with Gasteiger partial charge in [-0.3, -0.25) is 0 Å². The summed E-state index contributed by atoms with van der Waals surface area (Å²) in [6.45, 7) is 5.86. The van der Waals surface area contributed by atoms with Gasteiger partial charge in [-0.05, 0) is 67.3 Å². The fraction of sp³-hybridized carbons (Fsp3) is 0.471. The van der Waals surface area contributed by atoms with Crippen molar-refractivity contribution in [3.63, 3.8) is 0 Å². The Morgan fingerprint density at radius 2 is 2.00 bits per heavy atom. The third-order valence-corrected chi connectivity index (χ3v) is 4.56. The maximum Gasteiger partial charge on any atom is 0.262 e. The minimum absolute atomic E-state index is 0.135. The Labute approximate surface area is 155 Å². The number of hydrogen-bond donors (Lipinski definition) is 2. The maximum absolute atomic E-state index is 6.06. The molecule has 0 saturated carbocycles. The smallest absolute Gasteiger partial charge is 0.262 e. The van der Waals surface area contributed by atoms with Crippen molar-refractivity contribution in [2.45, 2.75) is 32.8 Å². The zero-order valence-electron chi connectivity index (χ0n) is 14.6. The molecule has 0 unspecified atom stereocenters. The third-order valence-electron chi connectivity index (χ3n) is 4.15. The van der Waals surface area contributed by atoms with Gasteiger partial charge in [0, 0.05) is 0 Å². The van der Waals surface area contributed by atoms with Crippen LogP contribution < -0.4 is 20.1 Å². The number of pyridine rings is 1. The summed E-state index contributed by atoms with van der Waals surface area (Å²) in [6, 6.07) is 1.95. The number of piperidine rings is 1. The summed E-state index contributed by atoms with van der Waals surface area (Å²) < 4.78 is 12.4. The molecule has 2 aromatic rings. The minimum Gasteiger partial charge on any atom is -0.489 e. The van der Waals surface area contributed by atoms with E-state index in [2.05, 4.69) is 41.5 Å². The Bertz CT molecular complexity index is 727. The fourth-order valence-electron chi connectivity index (χ4n) is 2.88. The Hall–Kier alpha value is -1.93. The van der Waals surface area contributed by atoms with E-state index in [1.807, 2.05) is 19.9 Å². The molecule has 1 aliphatic heterocycles. The minimum atomic E-state index is 0.135. The predicted molar refractivity (Wildman–Crippen MR) is 99.8 cm³/mol. The first-order chi connectivity index (χ1) is 12.1. The van der Waals surface area contributed by atoms with Crippen molar-refractivity contribution < 1.29 is 9.47 Å². The first-order valence-electron chi connectivity index (χ1n) is 8.25. The summed E-state index contributed by atoms with van der Waals surface area (Å²) >= 11 is 3.41. The Balaban J connectivity index is 1.88. The van der Waals surface area contributed by atoms with Crippen molar-refractivity contribution in [1.82, 2.24) is 20.3 Å². The maximum atomic E-state index is 6.06. The lowest BCUT2D eigenvalue weighted by molar-refractivity contribution is 0.149. The predicted octanol–water partition coefficient (Wildman–Crippen LogP) is 3.13. The summed E-state index contributed by atoms with van der Waals surface area (Å²) in [5, 5.41) is 6.64. The van der Waals surface area contributed by atoms with Crippen LogP contribution in [0, 0.1) is 13.8 Å². The summed E-state index contributed by atoms with van der Waals surface area (Å²) in [5.41, 5.74) is 2.82. The number of nitrogens with one attached hydrogen (secondary N) is 2. The van der Waals surface area contributed by atoms with Gasteiger partial charge in [0.25, 0.3) is 5.88 Å². The van der Waals surface area contributed by atoms with E-state index in [4.69, 9.17) is 9.47 Å². The first kappa shape index (κ1) is 17.9. The van der Waals surface area contributed by atoms with Gasteiger partial charge in [0.05, 0.1) is 18.5 Å². The fourth-order valence-corrected chi connectivity index (χ4v) is 3.49. The zero-order chi connectivity index (χ0) is 17.8. The first-order valence-corrected chi connectivity index (χ1v) is 9.05. The molecule has 2 aromatic heterocycles. The molecule has 134 valence electrons. The van der Waals surface area contributed by atoms with Gasteiger partial charge in [-0.2, -0.15) is 4.98 Å². The molecule has 0 spiro atoms. The average Bonchev–Trinajstić information content (AvgIpc) is 2.59.